The third-order valence-electron chi connectivity index (χ3n) is 4.65. The van der Waals surface area contributed by atoms with Gasteiger partial charge in [0.15, 0.2) is 0 Å². The minimum Gasteiger partial charge on any atom is -0.550 e. The minimum atomic E-state index is -1.25. The zero-order valence-corrected chi connectivity index (χ0v) is 14.5. The molecular weight excluding hydrogens is 348 g/mol. The number of carbonyl (C=O) groups excluding carboxylic acids is 2. The normalized spacial score (nSPS) is 22.9. The van der Waals surface area contributed by atoms with E-state index in [1.165, 1.54) is 11.3 Å². The molecule has 3 rings (SSSR count). The van der Waals surface area contributed by atoms with Crippen molar-refractivity contribution in [2.75, 3.05) is 5.32 Å². The topological polar surface area (TPSA) is 93.0 Å². The van der Waals surface area contributed by atoms with E-state index < -0.39 is 23.7 Å². The number of nitrogens with one attached hydrogen (secondary N) is 1. The van der Waals surface area contributed by atoms with E-state index in [9.17, 15) is 20.0 Å². The zero-order valence-electron chi connectivity index (χ0n) is 12.9. The van der Waals surface area contributed by atoms with Gasteiger partial charge < -0.3 is 15.2 Å². The monoisotopic (exact) mass is 363 g/mol. The van der Waals surface area contributed by atoms with Crippen LogP contribution in [0.15, 0.2) is 11.1 Å². The van der Waals surface area contributed by atoms with Gasteiger partial charge >= 0.3 is 0 Å². The number of aryl methyl sites for hydroxylation is 1. The number of hydrogen-bond donors (Lipinski definition) is 1. The maximum Gasteiger partial charge on any atom is 0.229 e. The largest absolute Gasteiger partial charge is 0.550 e. The summed E-state index contributed by atoms with van der Waals surface area (Å²) in [5.74, 6) is -3.34. The number of carbonyl (C=O) groups is 2. The molecule has 0 radical (unpaired) electrons. The first-order chi connectivity index (χ1) is 11.5. The molecule has 2 atom stereocenters. The second-order valence-corrected chi connectivity index (χ2v) is 7.73. The summed E-state index contributed by atoms with van der Waals surface area (Å²) in [6, 6.07) is 2.18. The van der Waals surface area contributed by atoms with Crippen LogP contribution in [0.25, 0.3) is 0 Å². The van der Waals surface area contributed by atoms with Crippen LogP contribution in [0.1, 0.15) is 41.7 Å². The third-order valence-corrected chi connectivity index (χ3v) is 6.17. The molecule has 0 saturated carbocycles. The van der Waals surface area contributed by atoms with Gasteiger partial charge in [-0.15, -0.1) is 11.3 Å². The molecule has 1 amide bonds. The molecule has 0 aliphatic heterocycles. The molecule has 1 aromatic rings. The number of amides is 1. The fourth-order valence-corrected chi connectivity index (χ4v) is 4.87. The molecule has 1 aromatic heterocycles. The Bertz CT molecular complexity index is 763. The number of carboxylic acid groups (broad SMARTS) is 1. The van der Waals surface area contributed by atoms with E-state index in [-0.39, 0.29) is 12.8 Å². The SMILES string of the molecule is N#Cc1c(NC(=O)[C@H]2CC(Cl)=CC[C@@H]2C(=O)[O-])sc2c1CCCC2. The van der Waals surface area contributed by atoms with Gasteiger partial charge in [0, 0.05) is 21.8 Å². The smallest absolute Gasteiger partial charge is 0.229 e. The van der Waals surface area contributed by atoms with Crippen molar-refractivity contribution in [1.82, 2.24) is 0 Å². The predicted molar refractivity (Wildman–Crippen MR) is 89.5 cm³/mol. The Morgan fingerprint density at radius 1 is 1.33 bits per heavy atom. The lowest BCUT2D eigenvalue weighted by molar-refractivity contribution is -0.313. The Hall–Kier alpha value is -1.84. The molecule has 0 aromatic carbocycles. The number of thiophene rings is 1. The highest BCUT2D eigenvalue weighted by molar-refractivity contribution is 7.16. The number of anilines is 1. The van der Waals surface area contributed by atoms with Gasteiger partial charge in [-0.05, 0) is 44.1 Å². The lowest BCUT2D eigenvalue weighted by Gasteiger charge is -2.29. The molecular formula is C17H16ClN2O3S-. The first-order valence-electron chi connectivity index (χ1n) is 7.92. The van der Waals surface area contributed by atoms with Crippen molar-refractivity contribution in [1.29, 1.82) is 5.26 Å². The van der Waals surface area contributed by atoms with Crippen LogP contribution >= 0.6 is 22.9 Å². The van der Waals surface area contributed by atoms with Crippen LogP contribution in [0, 0.1) is 23.2 Å². The summed E-state index contributed by atoms with van der Waals surface area (Å²) in [6.45, 7) is 0. The molecule has 0 spiro atoms. The average molecular weight is 364 g/mol. The molecule has 5 nitrogen and oxygen atoms in total. The van der Waals surface area contributed by atoms with Crippen molar-refractivity contribution < 1.29 is 14.7 Å². The van der Waals surface area contributed by atoms with Crippen LogP contribution in [-0.4, -0.2) is 11.9 Å². The standard InChI is InChI=1S/C17H17ClN2O3S/c18-9-5-6-11(17(22)23)12(7-9)15(21)20-16-13(8-19)10-3-1-2-4-14(10)24-16/h5,11-12H,1-4,6-7H2,(H,20,21)(H,22,23)/p-1/t11-,12-/m0/s1. The molecule has 0 saturated heterocycles. The van der Waals surface area contributed by atoms with Crippen LogP contribution in [0.4, 0.5) is 5.00 Å². The average Bonchev–Trinajstić information content (AvgIpc) is 2.91. The highest BCUT2D eigenvalue weighted by Crippen LogP contribution is 2.39. The quantitative estimate of drug-likeness (QED) is 0.891. The van der Waals surface area contributed by atoms with E-state index in [1.54, 1.807) is 6.08 Å². The molecule has 0 fully saturated rings. The molecule has 7 heteroatoms. The van der Waals surface area contributed by atoms with Gasteiger partial charge in [-0.3, -0.25) is 4.79 Å². The second-order valence-electron chi connectivity index (χ2n) is 6.14. The second kappa shape index (κ2) is 6.96. The van der Waals surface area contributed by atoms with Crippen molar-refractivity contribution in [3.8, 4) is 6.07 Å². The van der Waals surface area contributed by atoms with Crippen LogP contribution in [0.2, 0.25) is 0 Å². The molecule has 1 N–H and O–H groups in total. The van der Waals surface area contributed by atoms with Crippen LogP contribution in [0.3, 0.4) is 0 Å². The maximum absolute atomic E-state index is 12.6. The fourth-order valence-electron chi connectivity index (χ4n) is 3.37. The Morgan fingerprint density at radius 3 is 2.79 bits per heavy atom. The molecule has 2 aliphatic carbocycles. The summed E-state index contributed by atoms with van der Waals surface area (Å²) >= 11 is 7.41. The lowest BCUT2D eigenvalue weighted by Crippen LogP contribution is -2.42. The lowest BCUT2D eigenvalue weighted by atomic mass is 9.82. The zero-order chi connectivity index (χ0) is 17.3. The Kier molecular flexibility index (Phi) is 4.93. The van der Waals surface area contributed by atoms with Crippen molar-refractivity contribution in [3.05, 3.63) is 27.1 Å². The minimum absolute atomic E-state index is 0.180. The van der Waals surface area contributed by atoms with Crippen molar-refractivity contribution in [3.63, 3.8) is 0 Å². The number of nitrogens with zero attached hydrogens (tertiary/aromatic N) is 1. The summed E-state index contributed by atoms with van der Waals surface area (Å²) in [6.07, 6.45) is 5.89. The van der Waals surface area contributed by atoms with Gasteiger partial charge in [0.1, 0.15) is 11.1 Å². The summed E-state index contributed by atoms with van der Waals surface area (Å²) in [5, 5.41) is 24.5. The van der Waals surface area contributed by atoms with Crippen LogP contribution in [-0.2, 0) is 22.4 Å². The first-order valence-corrected chi connectivity index (χ1v) is 9.11. The highest BCUT2D eigenvalue weighted by atomic mass is 35.5. The molecule has 2 aliphatic rings. The van der Waals surface area contributed by atoms with E-state index in [1.807, 2.05) is 0 Å². The Morgan fingerprint density at radius 2 is 2.08 bits per heavy atom. The number of carboxylic acids is 1. The third kappa shape index (κ3) is 3.19. The number of aliphatic carboxylic acids is 1. The number of fused-ring (bicyclic) bond motifs is 1. The summed E-state index contributed by atoms with van der Waals surface area (Å²) in [4.78, 5) is 25.1. The Labute approximate surface area is 148 Å². The van der Waals surface area contributed by atoms with Gasteiger partial charge in [-0.25, -0.2) is 0 Å². The number of allylic oxidation sites excluding steroid dienone is 2. The van der Waals surface area contributed by atoms with Crippen molar-refractivity contribution >= 4 is 39.8 Å². The molecule has 0 unspecified atom stereocenters. The van der Waals surface area contributed by atoms with Gasteiger partial charge in [0.2, 0.25) is 5.91 Å². The highest BCUT2D eigenvalue weighted by Gasteiger charge is 2.33. The summed E-state index contributed by atoms with van der Waals surface area (Å²) in [7, 11) is 0. The Balaban J connectivity index is 1.84. The molecule has 24 heavy (non-hydrogen) atoms. The van der Waals surface area contributed by atoms with Crippen LogP contribution < -0.4 is 10.4 Å². The van der Waals surface area contributed by atoms with E-state index >= 15 is 0 Å². The van der Waals surface area contributed by atoms with E-state index in [2.05, 4.69) is 11.4 Å². The summed E-state index contributed by atoms with van der Waals surface area (Å²) in [5.41, 5.74) is 1.55. The number of rotatable bonds is 3. The van der Waals surface area contributed by atoms with Crippen molar-refractivity contribution in [2.45, 2.75) is 38.5 Å². The van der Waals surface area contributed by atoms with Gasteiger partial charge in [0.25, 0.3) is 0 Å². The van der Waals surface area contributed by atoms with Crippen LogP contribution in [0.5, 0.6) is 0 Å². The number of halogens is 1. The van der Waals surface area contributed by atoms with Gasteiger partial charge in [-0.1, -0.05) is 17.7 Å². The molecule has 1 heterocycles. The molecule has 126 valence electrons. The fraction of sp³-hybridized carbons (Fsp3) is 0.471. The number of hydrogen-bond acceptors (Lipinski definition) is 5. The molecule has 0 bridgehead atoms. The van der Waals surface area contributed by atoms with E-state index in [0.29, 0.717) is 15.6 Å². The van der Waals surface area contributed by atoms with Crippen molar-refractivity contribution in [2.24, 2.45) is 11.8 Å². The predicted octanol–water partition coefficient (Wildman–Crippen LogP) is 2.34. The maximum atomic E-state index is 12.6. The van der Waals surface area contributed by atoms with E-state index in [0.717, 1.165) is 36.1 Å². The summed E-state index contributed by atoms with van der Waals surface area (Å²) < 4.78 is 0. The van der Waals surface area contributed by atoms with E-state index in [4.69, 9.17) is 11.6 Å². The number of nitriles is 1. The van der Waals surface area contributed by atoms with Gasteiger partial charge in [-0.2, -0.15) is 5.26 Å². The first kappa shape index (κ1) is 17.0. The van der Waals surface area contributed by atoms with Gasteiger partial charge in [0.05, 0.1) is 11.5 Å².